The van der Waals surface area contributed by atoms with Gasteiger partial charge in [-0.05, 0) is 62.8 Å². The number of ether oxygens (including phenoxy) is 1. The zero-order valence-corrected chi connectivity index (χ0v) is 17.1. The van der Waals surface area contributed by atoms with Gasteiger partial charge in [-0.2, -0.15) is 5.10 Å². The second-order valence-corrected chi connectivity index (χ2v) is 8.31. The van der Waals surface area contributed by atoms with E-state index in [0.717, 1.165) is 42.4 Å². The summed E-state index contributed by atoms with van der Waals surface area (Å²) in [5.74, 6) is -0.264. The fourth-order valence-electron chi connectivity index (χ4n) is 4.14. The molecule has 1 aliphatic heterocycles. The lowest BCUT2D eigenvalue weighted by Gasteiger charge is -2.41. The van der Waals surface area contributed by atoms with Crippen molar-refractivity contribution in [2.75, 3.05) is 33.4 Å². The molecule has 1 aromatic heterocycles. The second-order valence-electron chi connectivity index (χ2n) is 7.87. The summed E-state index contributed by atoms with van der Waals surface area (Å²) >= 11 is 6.22. The minimum absolute atomic E-state index is 0.264. The molecule has 7 heteroatoms. The number of halogens is 3. The molecule has 0 amide bonds. The lowest BCUT2D eigenvalue weighted by atomic mass is 9.73. The van der Waals surface area contributed by atoms with Crippen molar-refractivity contribution in [3.05, 3.63) is 64.6 Å². The van der Waals surface area contributed by atoms with Crippen LogP contribution in [-0.2, 0) is 10.2 Å². The molecule has 3 aromatic rings. The zero-order valence-electron chi connectivity index (χ0n) is 16.3. The Morgan fingerprint density at radius 3 is 2.66 bits per heavy atom. The maximum absolute atomic E-state index is 14.0. The van der Waals surface area contributed by atoms with E-state index in [4.69, 9.17) is 16.3 Å². The Labute approximate surface area is 173 Å². The van der Waals surface area contributed by atoms with Gasteiger partial charge in [-0.25, -0.2) is 8.78 Å². The first kappa shape index (κ1) is 20.3. The molecule has 1 saturated heterocycles. The molecular weight excluding hydrogens is 396 g/mol. The highest BCUT2D eigenvalue weighted by Gasteiger charge is 2.37. The Morgan fingerprint density at radius 2 is 1.97 bits per heavy atom. The summed E-state index contributed by atoms with van der Waals surface area (Å²) in [6.07, 6.45) is 2.64. The van der Waals surface area contributed by atoms with Crippen LogP contribution in [0.3, 0.4) is 0 Å². The Hall–Kier alpha value is -2.02. The van der Waals surface area contributed by atoms with Crippen LogP contribution in [-0.4, -0.2) is 48.5 Å². The molecule has 29 heavy (non-hydrogen) atoms. The molecule has 1 fully saturated rings. The molecule has 1 N–H and O–H groups in total. The maximum Gasteiger partial charge on any atom is 0.123 e. The number of hydrogen-bond acceptors (Lipinski definition) is 3. The van der Waals surface area contributed by atoms with Crippen LogP contribution >= 0.6 is 11.6 Å². The lowest BCUT2D eigenvalue weighted by Crippen LogP contribution is -2.44. The quantitative estimate of drug-likeness (QED) is 0.608. The van der Waals surface area contributed by atoms with E-state index in [1.807, 2.05) is 12.1 Å². The van der Waals surface area contributed by atoms with Crippen LogP contribution in [0.15, 0.2) is 42.6 Å². The van der Waals surface area contributed by atoms with Crippen molar-refractivity contribution in [1.82, 2.24) is 15.1 Å². The predicted molar refractivity (Wildman–Crippen MR) is 111 cm³/mol. The fraction of sp³-hybridized carbons (Fsp3) is 0.409. The first-order valence-electron chi connectivity index (χ1n) is 9.75. The molecular formula is C22H24ClF2N3O. The van der Waals surface area contributed by atoms with Gasteiger partial charge in [0.1, 0.15) is 18.6 Å². The standard InChI is InChI=1S/C22H24ClF2N3O/c1-28-8-6-22(7-9-28,16-2-4-18(25)5-3-16)14-29-20(12-24)19-11-17(23)10-15-13-26-27-21(15)19/h2-5,10-11,13,20H,6-9,12,14H2,1H3,(H,26,27). The third kappa shape index (κ3) is 4.15. The number of H-pyrrole nitrogens is 1. The third-order valence-corrected chi connectivity index (χ3v) is 6.21. The van der Waals surface area contributed by atoms with Crippen LogP contribution in [0.1, 0.15) is 30.1 Å². The van der Waals surface area contributed by atoms with Crippen LogP contribution in [0, 0.1) is 5.82 Å². The van der Waals surface area contributed by atoms with Crippen LogP contribution < -0.4 is 0 Å². The number of aromatic amines is 1. The summed E-state index contributed by atoms with van der Waals surface area (Å²) in [5, 5.41) is 8.30. The van der Waals surface area contributed by atoms with Gasteiger partial charge in [-0.3, -0.25) is 5.10 Å². The van der Waals surface area contributed by atoms with E-state index in [1.54, 1.807) is 18.3 Å². The number of nitrogens with one attached hydrogen (secondary N) is 1. The van der Waals surface area contributed by atoms with Gasteiger partial charge in [0.05, 0.1) is 18.3 Å². The van der Waals surface area contributed by atoms with Crippen molar-refractivity contribution in [3.63, 3.8) is 0 Å². The van der Waals surface area contributed by atoms with Gasteiger partial charge < -0.3 is 9.64 Å². The van der Waals surface area contributed by atoms with Crippen LogP contribution in [0.2, 0.25) is 5.02 Å². The van der Waals surface area contributed by atoms with Gasteiger partial charge in [-0.1, -0.05) is 23.7 Å². The van der Waals surface area contributed by atoms with Crippen molar-refractivity contribution in [2.45, 2.75) is 24.4 Å². The summed E-state index contributed by atoms with van der Waals surface area (Å²) in [6.45, 7) is 1.49. The number of likely N-dealkylation sites (tertiary alicyclic amines) is 1. The molecule has 4 rings (SSSR count). The average molecular weight is 420 g/mol. The van der Waals surface area contributed by atoms with Crippen LogP contribution in [0.25, 0.3) is 10.9 Å². The van der Waals surface area contributed by atoms with Gasteiger partial charge in [-0.15, -0.1) is 0 Å². The first-order valence-corrected chi connectivity index (χ1v) is 10.1. The Bertz CT molecular complexity index is 968. The molecule has 0 spiro atoms. The van der Waals surface area contributed by atoms with E-state index < -0.39 is 12.8 Å². The van der Waals surface area contributed by atoms with Crippen molar-refractivity contribution in [3.8, 4) is 0 Å². The molecule has 1 unspecified atom stereocenters. The number of piperidine rings is 1. The topological polar surface area (TPSA) is 41.1 Å². The molecule has 0 aliphatic carbocycles. The average Bonchev–Trinajstić information content (AvgIpc) is 3.19. The van der Waals surface area contributed by atoms with Gasteiger partial charge in [0.25, 0.3) is 0 Å². The van der Waals surface area contributed by atoms with Gasteiger partial charge >= 0.3 is 0 Å². The molecule has 1 atom stereocenters. The molecule has 0 bridgehead atoms. The van der Waals surface area contributed by atoms with E-state index >= 15 is 0 Å². The highest BCUT2D eigenvalue weighted by atomic mass is 35.5. The summed E-state index contributed by atoms with van der Waals surface area (Å²) in [7, 11) is 2.08. The molecule has 2 heterocycles. The third-order valence-electron chi connectivity index (χ3n) is 5.99. The number of aromatic nitrogens is 2. The summed E-state index contributed by atoms with van der Waals surface area (Å²) < 4.78 is 33.7. The largest absolute Gasteiger partial charge is 0.370 e. The van der Waals surface area contributed by atoms with Crippen molar-refractivity contribution in [2.24, 2.45) is 0 Å². The summed E-state index contributed by atoms with van der Waals surface area (Å²) in [4.78, 5) is 2.26. The number of rotatable bonds is 6. The molecule has 4 nitrogen and oxygen atoms in total. The number of benzene rings is 2. The van der Waals surface area contributed by atoms with Gasteiger partial charge in [0, 0.05) is 21.4 Å². The molecule has 0 radical (unpaired) electrons. The van der Waals surface area contributed by atoms with E-state index in [9.17, 15) is 8.78 Å². The number of hydrogen-bond donors (Lipinski definition) is 1. The number of fused-ring (bicyclic) bond motifs is 1. The highest BCUT2D eigenvalue weighted by Crippen LogP contribution is 2.38. The smallest absolute Gasteiger partial charge is 0.123 e. The van der Waals surface area contributed by atoms with E-state index in [2.05, 4.69) is 22.1 Å². The van der Waals surface area contributed by atoms with E-state index in [0.29, 0.717) is 17.2 Å². The molecule has 1 aliphatic rings. The molecule has 2 aromatic carbocycles. The monoisotopic (exact) mass is 419 g/mol. The van der Waals surface area contributed by atoms with Crippen LogP contribution in [0.5, 0.6) is 0 Å². The Morgan fingerprint density at radius 1 is 1.24 bits per heavy atom. The lowest BCUT2D eigenvalue weighted by molar-refractivity contribution is -0.0123. The minimum Gasteiger partial charge on any atom is -0.370 e. The zero-order chi connectivity index (χ0) is 20.4. The minimum atomic E-state index is -0.756. The molecule has 154 valence electrons. The Kier molecular flexibility index (Phi) is 5.86. The SMILES string of the molecule is CN1CCC(COC(CF)c2cc(Cl)cc3cn[nH]c23)(c2ccc(F)cc2)CC1. The molecule has 0 saturated carbocycles. The summed E-state index contributed by atoms with van der Waals surface area (Å²) in [6, 6.07) is 10.1. The second kappa shape index (κ2) is 8.38. The predicted octanol–water partition coefficient (Wildman–Crippen LogP) is 5.05. The fourth-order valence-corrected chi connectivity index (χ4v) is 4.38. The van der Waals surface area contributed by atoms with Crippen molar-refractivity contribution < 1.29 is 13.5 Å². The normalized spacial score (nSPS) is 18.2. The van der Waals surface area contributed by atoms with Gasteiger partial charge in [0.2, 0.25) is 0 Å². The number of alkyl halides is 1. The highest BCUT2D eigenvalue weighted by molar-refractivity contribution is 6.31. The van der Waals surface area contributed by atoms with Crippen LogP contribution in [0.4, 0.5) is 8.78 Å². The Balaban J connectivity index is 1.62. The maximum atomic E-state index is 14.0. The van der Waals surface area contributed by atoms with Crippen molar-refractivity contribution >= 4 is 22.5 Å². The van der Waals surface area contributed by atoms with E-state index in [1.165, 1.54) is 12.1 Å². The summed E-state index contributed by atoms with van der Waals surface area (Å²) in [5.41, 5.74) is 2.15. The number of nitrogens with zero attached hydrogens (tertiary/aromatic N) is 2. The van der Waals surface area contributed by atoms with Gasteiger partial charge in [0.15, 0.2) is 0 Å². The van der Waals surface area contributed by atoms with E-state index in [-0.39, 0.29) is 11.2 Å². The van der Waals surface area contributed by atoms with Crippen molar-refractivity contribution in [1.29, 1.82) is 0 Å². The first-order chi connectivity index (χ1) is 14.0.